The van der Waals surface area contributed by atoms with Crippen LogP contribution in [-0.2, 0) is 25.5 Å². The number of hydrogen-bond donors (Lipinski definition) is 0. The average Bonchev–Trinajstić information content (AvgIpc) is 3.17. The Labute approximate surface area is 344 Å². The third-order valence-electron chi connectivity index (χ3n) is 11.0. The molecule has 0 amide bonds. The zero-order valence-corrected chi connectivity index (χ0v) is 38.6. The number of unbranched alkanes of at least 4 members (excludes halogenated alkanes) is 30. The second kappa shape index (κ2) is 34.1. The predicted molar refractivity (Wildman–Crippen MR) is 247 cm³/mol. The summed E-state index contributed by atoms with van der Waals surface area (Å²) in [6, 6.07) is 17.3. The molecule has 0 aliphatic heterocycles. The summed E-state index contributed by atoms with van der Waals surface area (Å²) in [5.41, 5.74) is 2.68. The Bertz CT molecular complexity index is 1130. The first-order valence-corrected chi connectivity index (χ1v) is 28.1. The van der Waals surface area contributed by atoms with Crippen molar-refractivity contribution in [3.63, 3.8) is 0 Å². The van der Waals surface area contributed by atoms with Gasteiger partial charge in [-0.05, 0) is 0 Å². The van der Waals surface area contributed by atoms with Gasteiger partial charge in [-0.2, -0.15) is 0 Å². The van der Waals surface area contributed by atoms with Crippen LogP contribution in [-0.4, -0.2) is 14.7 Å². The van der Waals surface area contributed by atoms with Gasteiger partial charge in [0, 0.05) is 0 Å². The van der Waals surface area contributed by atoms with E-state index in [1.807, 2.05) is 0 Å². The van der Waals surface area contributed by atoms with Crippen LogP contribution in [0.25, 0.3) is 0 Å². The van der Waals surface area contributed by atoms with Gasteiger partial charge in [0.2, 0.25) is 0 Å². The van der Waals surface area contributed by atoms with Crippen molar-refractivity contribution in [1.82, 2.24) is 0 Å². The molecule has 0 radical (unpaired) electrons. The van der Waals surface area contributed by atoms with Crippen molar-refractivity contribution in [3.05, 3.63) is 66.8 Å². The second-order valence-corrected chi connectivity index (χ2v) is 22.9. The van der Waals surface area contributed by atoms with Gasteiger partial charge in [0.1, 0.15) is 0 Å². The van der Waals surface area contributed by atoms with E-state index in [0.29, 0.717) is 0 Å². The van der Waals surface area contributed by atoms with E-state index in [-0.39, 0.29) is 0 Å². The standard InChI is InChI=1S/C49H85IO3S/c1-4-6-8-10-12-14-16-18-20-22-24-26-28-30-32-34-36-46-38-42-48(43-39-46)50(53-54(3,51)52)49-44-40-47(41-45-49)37-35-33-31-29-27-25-23-21-19-17-15-13-11-9-7-5-2/h38-45H,4-37H2,1-3H3. The van der Waals surface area contributed by atoms with Crippen LogP contribution in [0.15, 0.2) is 48.5 Å². The van der Waals surface area contributed by atoms with E-state index >= 15 is 0 Å². The summed E-state index contributed by atoms with van der Waals surface area (Å²) >= 11 is -2.56. The maximum absolute atomic E-state index is 12.3. The Hall–Kier alpha value is -0.920. The summed E-state index contributed by atoms with van der Waals surface area (Å²) in [6.07, 6.45) is 47.9. The number of halogens is 1. The molecule has 0 heterocycles. The summed E-state index contributed by atoms with van der Waals surface area (Å²) in [4.78, 5) is 0. The van der Waals surface area contributed by atoms with Gasteiger partial charge in [-0.15, -0.1) is 0 Å². The van der Waals surface area contributed by atoms with Crippen LogP contribution in [0.3, 0.4) is 0 Å². The molecule has 2 rings (SSSR count). The van der Waals surface area contributed by atoms with Crippen LogP contribution in [0.5, 0.6) is 0 Å². The molecule has 312 valence electrons. The Morgan fingerprint density at radius 1 is 0.370 bits per heavy atom. The van der Waals surface area contributed by atoms with E-state index < -0.39 is 30.4 Å². The third-order valence-corrected chi connectivity index (χ3v) is 18.1. The maximum atomic E-state index is 12.3. The minimum atomic E-state index is -3.55. The van der Waals surface area contributed by atoms with Crippen LogP contribution in [0, 0.1) is 7.14 Å². The monoisotopic (exact) mass is 881 g/mol. The molecular weight excluding hydrogens is 796 g/mol. The molecule has 0 aliphatic carbocycles. The van der Waals surface area contributed by atoms with Crippen molar-refractivity contribution in [3.8, 4) is 0 Å². The first-order valence-electron chi connectivity index (χ1n) is 23.2. The second-order valence-electron chi connectivity index (χ2n) is 16.4. The van der Waals surface area contributed by atoms with E-state index in [0.717, 1.165) is 20.0 Å². The fourth-order valence-corrected chi connectivity index (χ4v) is 13.9. The van der Waals surface area contributed by atoms with Crippen LogP contribution in [0.1, 0.15) is 230 Å². The summed E-state index contributed by atoms with van der Waals surface area (Å²) in [5.74, 6) is 0. The Morgan fingerprint density at radius 2 is 0.593 bits per heavy atom. The molecular formula is C49H85IO3S. The SMILES string of the molecule is CCCCCCCCCCCCCCCCCCc1ccc(I(OS(C)(=O)=O)c2ccc(CCCCCCCCCCCCCCCCCC)cc2)cc1. The zero-order chi connectivity index (χ0) is 38.8. The Kier molecular flexibility index (Phi) is 31.1. The fraction of sp³-hybridized carbons (Fsp3) is 0.755. The van der Waals surface area contributed by atoms with Crippen LogP contribution in [0.4, 0.5) is 0 Å². The molecule has 0 unspecified atom stereocenters. The zero-order valence-electron chi connectivity index (χ0n) is 35.7. The molecule has 54 heavy (non-hydrogen) atoms. The number of benzene rings is 2. The Balaban J connectivity index is 1.57. The molecule has 0 spiro atoms. The topological polar surface area (TPSA) is 43.4 Å². The van der Waals surface area contributed by atoms with Gasteiger partial charge in [0.15, 0.2) is 0 Å². The number of aryl methyl sites for hydroxylation is 2. The van der Waals surface area contributed by atoms with Gasteiger partial charge >= 0.3 is 217 Å². The van der Waals surface area contributed by atoms with Crippen LogP contribution in [0.2, 0.25) is 0 Å². The molecule has 0 fully saturated rings. The van der Waals surface area contributed by atoms with Crippen molar-refractivity contribution < 1.29 is 10.9 Å². The molecule has 0 saturated heterocycles. The van der Waals surface area contributed by atoms with Crippen LogP contribution >= 0.6 is 20.2 Å². The molecule has 3 nitrogen and oxygen atoms in total. The summed E-state index contributed by atoms with van der Waals surface area (Å²) < 4.78 is 32.5. The van der Waals surface area contributed by atoms with Crippen molar-refractivity contribution in [2.24, 2.45) is 0 Å². The van der Waals surface area contributed by atoms with Crippen molar-refractivity contribution in [2.45, 2.75) is 232 Å². The molecule has 2 aromatic rings. The van der Waals surface area contributed by atoms with Gasteiger partial charge in [0.25, 0.3) is 0 Å². The minimum absolute atomic E-state index is 1.05. The van der Waals surface area contributed by atoms with E-state index in [1.54, 1.807) is 0 Å². The summed E-state index contributed by atoms with van der Waals surface area (Å²) in [7, 11) is -3.55. The summed E-state index contributed by atoms with van der Waals surface area (Å²) in [6.45, 7) is 4.58. The fourth-order valence-electron chi connectivity index (χ4n) is 7.60. The first-order chi connectivity index (χ1) is 26.4. The van der Waals surface area contributed by atoms with Gasteiger partial charge in [-0.1, -0.05) is 129 Å². The number of rotatable bonds is 38. The first kappa shape index (κ1) is 49.2. The van der Waals surface area contributed by atoms with Gasteiger partial charge in [-0.3, -0.25) is 0 Å². The molecule has 0 atom stereocenters. The third kappa shape index (κ3) is 27.6. The molecule has 0 aliphatic rings. The molecule has 0 saturated carbocycles. The van der Waals surface area contributed by atoms with Crippen molar-refractivity contribution in [1.29, 1.82) is 0 Å². The number of hydrogen-bond acceptors (Lipinski definition) is 3. The normalized spacial score (nSPS) is 12.1. The molecule has 0 N–H and O–H groups in total. The quantitative estimate of drug-likeness (QED) is 0.0498. The van der Waals surface area contributed by atoms with E-state index in [1.165, 1.54) is 223 Å². The Morgan fingerprint density at radius 3 is 0.815 bits per heavy atom. The molecule has 0 aromatic heterocycles. The average molecular weight is 881 g/mol. The van der Waals surface area contributed by atoms with Crippen LogP contribution < -0.4 is 0 Å². The van der Waals surface area contributed by atoms with Crippen molar-refractivity contribution >= 4 is 30.4 Å². The van der Waals surface area contributed by atoms with Gasteiger partial charge in [-0.25, -0.2) is 0 Å². The van der Waals surface area contributed by atoms with E-state index in [4.69, 9.17) is 2.51 Å². The van der Waals surface area contributed by atoms with Gasteiger partial charge < -0.3 is 0 Å². The van der Waals surface area contributed by atoms with Crippen molar-refractivity contribution in [2.75, 3.05) is 6.26 Å². The van der Waals surface area contributed by atoms with Gasteiger partial charge in [0.05, 0.1) is 0 Å². The molecule has 2 aromatic carbocycles. The summed E-state index contributed by atoms with van der Waals surface area (Å²) in [5, 5.41) is 0. The van der Waals surface area contributed by atoms with E-state index in [2.05, 4.69) is 62.4 Å². The van der Waals surface area contributed by atoms with E-state index in [9.17, 15) is 8.42 Å². The molecule has 0 bridgehead atoms. The predicted octanol–water partition coefficient (Wildman–Crippen LogP) is 16.7. The molecule has 5 heteroatoms.